The maximum Gasteiger partial charge on any atom is 0.410 e. The van der Waals surface area contributed by atoms with Crippen LogP contribution in [0, 0.1) is 46.3 Å². The van der Waals surface area contributed by atoms with Crippen LogP contribution in [-0.2, 0) is 14.2 Å². The van der Waals surface area contributed by atoms with E-state index in [4.69, 9.17) is 19.9 Å². The first kappa shape index (κ1) is 33.7. The van der Waals surface area contributed by atoms with Crippen molar-refractivity contribution in [1.29, 1.82) is 0 Å². The third kappa shape index (κ3) is 6.75. The van der Waals surface area contributed by atoms with Gasteiger partial charge in [0.15, 0.2) is 5.79 Å². The molecule has 4 N–H and O–H groups in total. The van der Waals surface area contributed by atoms with Crippen molar-refractivity contribution in [2.75, 3.05) is 52.4 Å². The molecule has 256 valence electrons. The molecule has 0 aromatic heterocycles. The normalized spacial score (nSPS) is 42.1. The Morgan fingerprint density at radius 3 is 2.64 bits per heavy atom. The van der Waals surface area contributed by atoms with E-state index in [0.29, 0.717) is 48.9 Å². The molecule has 5 fully saturated rings. The number of hydrogen-bond donors (Lipinski definition) is 3. The topological polar surface area (TPSA) is 98.1 Å². The number of carbonyl (C=O) groups is 1. The van der Waals surface area contributed by atoms with E-state index in [-0.39, 0.29) is 23.4 Å². The standard InChI is InChI=1S/C37H64N4O4/c1-25(2)23-40-16-15-39-17-19-41(18-14-38)34(42)44-28-9-11-35(4)27(20-28)6-7-29-30(35)10-12-36(5)31(29)21-33-32(36)22-37(45-33)13-8-26(3)24-43-37/h6,25-26,28-33,39-40H,7-24,38H2,1-5H3/t26-,28+,29-,30+,31+,32+,33+,35+,36+,37-/m1/s1. The van der Waals surface area contributed by atoms with Crippen LogP contribution in [0.3, 0.4) is 0 Å². The molecule has 8 heteroatoms. The molecule has 1 spiro atoms. The summed E-state index contributed by atoms with van der Waals surface area (Å²) in [4.78, 5) is 15.1. The summed E-state index contributed by atoms with van der Waals surface area (Å²) in [5, 5.41) is 6.90. The van der Waals surface area contributed by atoms with Gasteiger partial charge in [-0.1, -0.05) is 46.3 Å². The Kier molecular flexibility index (Phi) is 10.3. The highest BCUT2D eigenvalue weighted by Gasteiger charge is 2.66. The first-order valence-corrected chi connectivity index (χ1v) is 18.7. The molecular weight excluding hydrogens is 564 g/mol. The van der Waals surface area contributed by atoms with Crippen LogP contribution in [0.4, 0.5) is 4.79 Å². The Balaban J connectivity index is 1.02. The number of hydrogen-bond acceptors (Lipinski definition) is 7. The number of amides is 1. The van der Waals surface area contributed by atoms with Crippen molar-refractivity contribution in [2.24, 2.45) is 52.1 Å². The lowest BCUT2D eigenvalue weighted by molar-refractivity contribution is -0.255. The fraction of sp³-hybridized carbons (Fsp3) is 0.919. The first-order chi connectivity index (χ1) is 21.6. The largest absolute Gasteiger partial charge is 0.446 e. The van der Waals surface area contributed by atoms with Gasteiger partial charge >= 0.3 is 6.09 Å². The van der Waals surface area contributed by atoms with Crippen molar-refractivity contribution >= 4 is 6.09 Å². The van der Waals surface area contributed by atoms with Crippen molar-refractivity contribution in [1.82, 2.24) is 15.5 Å². The maximum atomic E-state index is 13.3. The number of nitrogens with one attached hydrogen (secondary N) is 2. The molecule has 6 aliphatic rings. The number of fused-ring (bicyclic) bond motifs is 7. The van der Waals surface area contributed by atoms with Crippen LogP contribution in [-0.4, -0.2) is 81.4 Å². The van der Waals surface area contributed by atoms with E-state index < -0.39 is 0 Å². The summed E-state index contributed by atoms with van der Waals surface area (Å²) >= 11 is 0. The smallest absolute Gasteiger partial charge is 0.410 e. The molecule has 10 atom stereocenters. The number of allylic oxidation sites excluding steroid dienone is 1. The van der Waals surface area contributed by atoms with Gasteiger partial charge in [0.25, 0.3) is 0 Å². The summed E-state index contributed by atoms with van der Waals surface area (Å²) in [5.74, 6) is 3.84. The highest BCUT2D eigenvalue weighted by Crippen LogP contribution is 2.69. The molecule has 0 radical (unpaired) electrons. The zero-order chi connectivity index (χ0) is 31.8. The average Bonchev–Trinajstić information content (AvgIpc) is 3.50. The molecule has 1 amide bonds. The second-order valence-corrected chi connectivity index (χ2v) is 16.7. The summed E-state index contributed by atoms with van der Waals surface area (Å²) in [5.41, 5.74) is 8.02. The molecule has 0 aromatic rings. The van der Waals surface area contributed by atoms with E-state index in [1.165, 1.54) is 32.1 Å². The van der Waals surface area contributed by atoms with Crippen LogP contribution < -0.4 is 16.4 Å². The Bertz CT molecular complexity index is 1060. The van der Waals surface area contributed by atoms with E-state index in [9.17, 15) is 4.79 Å². The maximum absolute atomic E-state index is 13.3. The van der Waals surface area contributed by atoms with Crippen molar-refractivity contribution in [3.8, 4) is 0 Å². The minimum Gasteiger partial charge on any atom is -0.446 e. The van der Waals surface area contributed by atoms with Crippen LogP contribution in [0.1, 0.15) is 98.8 Å². The second-order valence-electron chi connectivity index (χ2n) is 16.7. The van der Waals surface area contributed by atoms with Gasteiger partial charge in [-0.05, 0) is 97.8 Å². The Hall–Kier alpha value is -1.19. The number of nitrogens with two attached hydrogens (primary N) is 1. The van der Waals surface area contributed by atoms with Crippen molar-refractivity contribution in [3.05, 3.63) is 11.6 Å². The highest BCUT2D eigenvalue weighted by atomic mass is 16.7. The molecule has 45 heavy (non-hydrogen) atoms. The second kappa shape index (κ2) is 13.7. The Morgan fingerprint density at radius 2 is 1.89 bits per heavy atom. The SMILES string of the molecule is CC(C)CNCCNCCN(CCN)C(=O)O[C@H]1CC[C@@]2(C)C(=CC[C@H]3[C@@H]4C[C@@H]5O[C@]6(CC[C@@H](C)CO6)C[C@@H]5[C@@]4(C)CC[C@@H]32)C1. The zero-order valence-corrected chi connectivity index (χ0v) is 29.1. The molecule has 2 aliphatic heterocycles. The predicted molar refractivity (Wildman–Crippen MR) is 179 cm³/mol. The van der Waals surface area contributed by atoms with E-state index >= 15 is 0 Å². The molecule has 2 saturated heterocycles. The van der Waals surface area contributed by atoms with Gasteiger partial charge in [-0.3, -0.25) is 0 Å². The van der Waals surface area contributed by atoms with E-state index in [0.717, 1.165) is 82.6 Å². The molecule has 0 aromatic carbocycles. The van der Waals surface area contributed by atoms with E-state index in [1.807, 2.05) is 0 Å². The quantitative estimate of drug-likeness (QED) is 0.199. The van der Waals surface area contributed by atoms with Gasteiger partial charge in [-0.2, -0.15) is 0 Å². The molecule has 4 aliphatic carbocycles. The number of nitrogens with zero attached hydrogens (tertiary/aromatic N) is 1. The summed E-state index contributed by atoms with van der Waals surface area (Å²) in [6.07, 6.45) is 14.1. The predicted octanol–water partition coefficient (Wildman–Crippen LogP) is 5.71. The van der Waals surface area contributed by atoms with Gasteiger partial charge in [-0.25, -0.2) is 4.79 Å². The fourth-order valence-corrected chi connectivity index (χ4v) is 10.7. The molecule has 0 unspecified atom stereocenters. The number of carbonyl (C=O) groups excluding carboxylic acids is 1. The van der Waals surface area contributed by atoms with E-state index in [2.05, 4.69) is 51.3 Å². The Labute approximate surface area is 273 Å². The third-order valence-corrected chi connectivity index (χ3v) is 13.3. The van der Waals surface area contributed by atoms with Crippen LogP contribution >= 0.6 is 0 Å². The minimum atomic E-state index is -0.297. The van der Waals surface area contributed by atoms with Crippen LogP contribution in [0.5, 0.6) is 0 Å². The minimum absolute atomic E-state index is 0.0377. The molecule has 8 nitrogen and oxygen atoms in total. The molecular formula is C37H64N4O4. The Morgan fingerprint density at radius 1 is 1.07 bits per heavy atom. The lowest BCUT2D eigenvalue weighted by Gasteiger charge is -2.58. The van der Waals surface area contributed by atoms with Gasteiger partial charge in [-0.15, -0.1) is 0 Å². The molecule has 6 rings (SSSR count). The van der Waals surface area contributed by atoms with Gasteiger partial charge in [0, 0.05) is 58.5 Å². The van der Waals surface area contributed by atoms with Crippen LogP contribution in [0.15, 0.2) is 11.6 Å². The van der Waals surface area contributed by atoms with Crippen molar-refractivity contribution in [2.45, 2.75) is 117 Å². The summed E-state index contributed by atoms with van der Waals surface area (Å²) in [6, 6.07) is 0. The number of rotatable bonds is 11. The van der Waals surface area contributed by atoms with Crippen LogP contribution in [0.2, 0.25) is 0 Å². The monoisotopic (exact) mass is 628 g/mol. The molecule has 3 saturated carbocycles. The van der Waals surface area contributed by atoms with Gasteiger partial charge < -0.3 is 35.5 Å². The molecule has 2 heterocycles. The molecule has 0 bridgehead atoms. The lowest BCUT2D eigenvalue weighted by Crippen LogP contribution is -2.51. The number of ether oxygens (including phenoxy) is 3. The fourth-order valence-electron chi connectivity index (χ4n) is 10.7. The average molecular weight is 629 g/mol. The highest BCUT2D eigenvalue weighted by molar-refractivity contribution is 5.68. The van der Waals surface area contributed by atoms with Crippen molar-refractivity contribution in [3.63, 3.8) is 0 Å². The lowest BCUT2D eigenvalue weighted by atomic mass is 9.47. The first-order valence-electron chi connectivity index (χ1n) is 18.7. The van der Waals surface area contributed by atoms with E-state index in [1.54, 1.807) is 10.5 Å². The van der Waals surface area contributed by atoms with Gasteiger partial charge in [0.2, 0.25) is 0 Å². The van der Waals surface area contributed by atoms with Gasteiger partial charge in [0.1, 0.15) is 6.10 Å². The summed E-state index contributed by atoms with van der Waals surface area (Å²) in [7, 11) is 0. The summed E-state index contributed by atoms with van der Waals surface area (Å²) in [6.45, 7) is 17.9. The third-order valence-electron chi connectivity index (χ3n) is 13.3. The van der Waals surface area contributed by atoms with Crippen molar-refractivity contribution < 1.29 is 19.0 Å². The van der Waals surface area contributed by atoms with Crippen LogP contribution in [0.25, 0.3) is 0 Å². The summed E-state index contributed by atoms with van der Waals surface area (Å²) < 4.78 is 19.5. The zero-order valence-electron chi connectivity index (χ0n) is 29.1. The van der Waals surface area contributed by atoms with Gasteiger partial charge in [0.05, 0.1) is 12.7 Å².